The van der Waals surface area contributed by atoms with E-state index in [4.69, 9.17) is 9.84 Å². The predicted molar refractivity (Wildman–Crippen MR) is 98.4 cm³/mol. The van der Waals surface area contributed by atoms with Crippen LogP contribution in [-0.4, -0.2) is 35.2 Å². The number of anilines is 1. The van der Waals surface area contributed by atoms with Crippen molar-refractivity contribution in [3.05, 3.63) is 29.5 Å². The van der Waals surface area contributed by atoms with Gasteiger partial charge in [0.05, 0.1) is 0 Å². The molecule has 0 bridgehead atoms. The highest BCUT2D eigenvalue weighted by Gasteiger charge is 2.13. The van der Waals surface area contributed by atoms with Crippen molar-refractivity contribution < 1.29 is 19.4 Å². The maximum absolute atomic E-state index is 11.4. The molecule has 0 radical (unpaired) electrons. The summed E-state index contributed by atoms with van der Waals surface area (Å²) in [6.07, 6.45) is 7.82. The molecule has 0 aliphatic carbocycles. The number of carbonyl (C=O) groups is 2. The molecule has 1 rings (SSSR count). The van der Waals surface area contributed by atoms with Gasteiger partial charge in [-0.05, 0) is 48.4 Å². The van der Waals surface area contributed by atoms with E-state index in [0.717, 1.165) is 43.9 Å². The van der Waals surface area contributed by atoms with Gasteiger partial charge in [-0.25, -0.2) is 9.78 Å². The number of carboxylic acid groups (broad SMARTS) is 1. The second-order valence-electron chi connectivity index (χ2n) is 6.01. The molecule has 0 aliphatic rings. The number of hydrogen-bond acceptors (Lipinski definition) is 4. The monoisotopic (exact) mass is 348 g/mol. The molecule has 0 saturated heterocycles. The maximum Gasteiger partial charge on any atom is 0.328 e. The van der Waals surface area contributed by atoms with E-state index < -0.39 is 5.97 Å². The first kappa shape index (κ1) is 20.8. The standard InChI is InChI=1S/C19H28N2O4/c1-4-9-25-10-8-15(5-2)11-17-12-16(6-7-18(23)24)13-20-19(17)21-14(3)22/h6-7,12-13,15H,4-5,8-11H2,1-3H3,(H,23,24)(H,20,21,22). The minimum absolute atomic E-state index is 0.179. The molecule has 0 aliphatic heterocycles. The molecular weight excluding hydrogens is 320 g/mol. The SMILES string of the molecule is CCCOCCC(CC)Cc1cc(C=CC(=O)O)cnc1NC(C)=O. The van der Waals surface area contributed by atoms with Crippen molar-refractivity contribution in [1.29, 1.82) is 0 Å². The van der Waals surface area contributed by atoms with Crippen LogP contribution >= 0.6 is 0 Å². The minimum Gasteiger partial charge on any atom is -0.478 e. The second-order valence-corrected chi connectivity index (χ2v) is 6.01. The minimum atomic E-state index is -1.01. The van der Waals surface area contributed by atoms with E-state index >= 15 is 0 Å². The number of ether oxygens (including phenoxy) is 1. The fourth-order valence-electron chi connectivity index (χ4n) is 2.48. The molecular formula is C19H28N2O4. The topological polar surface area (TPSA) is 88.5 Å². The van der Waals surface area contributed by atoms with Crippen molar-refractivity contribution in [3.8, 4) is 0 Å². The average Bonchev–Trinajstić information content (AvgIpc) is 2.57. The number of nitrogens with zero attached hydrogens (tertiary/aromatic N) is 1. The Balaban J connectivity index is 2.91. The summed E-state index contributed by atoms with van der Waals surface area (Å²) in [5.74, 6) is -0.244. The summed E-state index contributed by atoms with van der Waals surface area (Å²) in [4.78, 5) is 26.4. The van der Waals surface area contributed by atoms with Crippen molar-refractivity contribution in [3.63, 3.8) is 0 Å². The summed E-state index contributed by atoms with van der Waals surface area (Å²) in [5, 5.41) is 11.5. The van der Waals surface area contributed by atoms with Gasteiger partial charge in [-0.15, -0.1) is 0 Å². The van der Waals surface area contributed by atoms with Crippen LogP contribution in [0.15, 0.2) is 18.3 Å². The molecule has 1 unspecified atom stereocenters. The lowest BCUT2D eigenvalue weighted by Gasteiger charge is -2.17. The van der Waals surface area contributed by atoms with Gasteiger partial charge in [-0.2, -0.15) is 0 Å². The lowest BCUT2D eigenvalue weighted by atomic mass is 9.93. The Bertz CT molecular complexity index is 599. The molecule has 138 valence electrons. The summed E-state index contributed by atoms with van der Waals surface area (Å²) in [6.45, 7) is 7.14. The van der Waals surface area contributed by atoms with Crippen LogP contribution in [0.1, 0.15) is 51.2 Å². The van der Waals surface area contributed by atoms with Gasteiger partial charge in [-0.3, -0.25) is 4.79 Å². The number of pyridine rings is 1. The van der Waals surface area contributed by atoms with Crippen molar-refractivity contribution in [1.82, 2.24) is 4.98 Å². The van der Waals surface area contributed by atoms with Crippen molar-refractivity contribution in [2.24, 2.45) is 5.92 Å². The van der Waals surface area contributed by atoms with E-state index in [9.17, 15) is 9.59 Å². The van der Waals surface area contributed by atoms with Crippen molar-refractivity contribution in [2.75, 3.05) is 18.5 Å². The van der Waals surface area contributed by atoms with Crippen LogP contribution in [-0.2, 0) is 20.7 Å². The zero-order valence-corrected chi connectivity index (χ0v) is 15.2. The molecule has 25 heavy (non-hydrogen) atoms. The third-order valence-electron chi connectivity index (χ3n) is 3.81. The van der Waals surface area contributed by atoms with Crippen LogP contribution in [0.5, 0.6) is 0 Å². The maximum atomic E-state index is 11.4. The van der Waals surface area contributed by atoms with Crippen LogP contribution in [0, 0.1) is 5.92 Å². The lowest BCUT2D eigenvalue weighted by molar-refractivity contribution is -0.131. The molecule has 0 spiro atoms. The Labute approximate surface area is 149 Å². The summed E-state index contributed by atoms with van der Waals surface area (Å²) in [6, 6.07) is 1.88. The normalized spacial score (nSPS) is 12.3. The number of carboxylic acids is 1. The summed E-state index contributed by atoms with van der Waals surface area (Å²) in [5.41, 5.74) is 1.61. The molecule has 1 aromatic rings. The predicted octanol–water partition coefficient (Wildman–Crippen LogP) is 3.52. The van der Waals surface area contributed by atoms with Gasteiger partial charge in [0, 0.05) is 32.4 Å². The van der Waals surface area contributed by atoms with Gasteiger partial charge in [0.2, 0.25) is 5.91 Å². The van der Waals surface area contributed by atoms with E-state index in [1.54, 1.807) is 6.20 Å². The molecule has 1 aromatic heterocycles. The average molecular weight is 348 g/mol. The Morgan fingerprint density at radius 1 is 1.36 bits per heavy atom. The van der Waals surface area contributed by atoms with Crippen LogP contribution in [0.4, 0.5) is 5.82 Å². The quantitative estimate of drug-likeness (QED) is 0.472. The fraction of sp³-hybridized carbons (Fsp3) is 0.526. The molecule has 1 amide bonds. The van der Waals surface area contributed by atoms with Crippen LogP contribution in [0.25, 0.3) is 6.08 Å². The highest BCUT2D eigenvalue weighted by Crippen LogP contribution is 2.23. The number of hydrogen-bond donors (Lipinski definition) is 2. The smallest absolute Gasteiger partial charge is 0.328 e. The van der Waals surface area contributed by atoms with Gasteiger partial charge in [0.1, 0.15) is 5.82 Å². The van der Waals surface area contributed by atoms with Gasteiger partial charge in [-0.1, -0.05) is 20.3 Å². The molecule has 1 heterocycles. The number of rotatable bonds is 11. The number of aromatic nitrogens is 1. The summed E-state index contributed by atoms with van der Waals surface area (Å²) < 4.78 is 5.57. The number of nitrogens with one attached hydrogen (secondary N) is 1. The van der Waals surface area contributed by atoms with Crippen molar-refractivity contribution in [2.45, 2.75) is 46.5 Å². The first-order valence-electron chi connectivity index (χ1n) is 8.71. The first-order chi connectivity index (χ1) is 12.0. The summed E-state index contributed by atoms with van der Waals surface area (Å²) in [7, 11) is 0. The molecule has 1 atom stereocenters. The number of amides is 1. The Morgan fingerprint density at radius 2 is 2.12 bits per heavy atom. The Kier molecular flexibility index (Phi) is 9.47. The lowest BCUT2D eigenvalue weighted by Crippen LogP contribution is -2.14. The number of carbonyl (C=O) groups excluding carboxylic acids is 1. The largest absolute Gasteiger partial charge is 0.478 e. The third kappa shape index (κ3) is 8.44. The van der Waals surface area contributed by atoms with Crippen LogP contribution in [0.3, 0.4) is 0 Å². The van der Waals surface area contributed by atoms with E-state index in [-0.39, 0.29) is 5.91 Å². The first-order valence-corrected chi connectivity index (χ1v) is 8.71. The van der Waals surface area contributed by atoms with E-state index in [2.05, 4.69) is 24.1 Å². The van der Waals surface area contributed by atoms with Crippen LogP contribution in [0.2, 0.25) is 0 Å². The molecule has 0 aromatic carbocycles. The second kappa shape index (κ2) is 11.4. The number of aliphatic carboxylic acids is 1. The Morgan fingerprint density at radius 3 is 2.72 bits per heavy atom. The molecule has 2 N–H and O–H groups in total. The third-order valence-corrected chi connectivity index (χ3v) is 3.81. The van der Waals surface area contributed by atoms with Gasteiger partial charge in [0.25, 0.3) is 0 Å². The van der Waals surface area contributed by atoms with E-state index in [0.29, 0.717) is 23.9 Å². The van der Waals surface area contributed by atoms with Gasteiger partial charge < -0.3 is 15.2 Å². The van der Waals surface area contributed by atoms with Gasteiger partial charge >= 0.3 is 5.97 Å². The highest BCUT2D eigenvalue weighted by atomic mass is 16.5. The van der Waals surface area contributed by atoms with Crippen molar-refractivity contribution >= 4 is 23.8 Å². The zero-order chi connectivity index (χ0) is 18.7. The van der Waals surface area contributed by atoms with Gasteiger partial charge in [0.15, 0.2) is 0 Å². The fourth-order valence-corrected chi connectivity index (χ4v) is 2.48. The molecule has 0 fully saturated rings. The highest BCUT2D eigenvalue weighted by molar-refractivity contribution is 5.89. The van der Waals surface area contributed by atoms with Crippen LogP contribution < -0.4 is 5.32 Å². The van der Waals surface area contributed by atoms with E-state index in [1.165, 1.54) is 13.0 Å². The molecule has 6 nitrogen and oxygen atoms in total. The zero-order valence-electron chi connectivity index (χ0n) is 15.2. The summed E-state index contributed by atoms with van der Waals surface area (Å²) >= 11 is 0. The molecule has 0 saturated carbocycles. The Hall–Kier alpha value is -2.21. The molecule has 6 heteroatoms. The van der Waals surface area contributed by atoms with E-state index in [1.807, 2.05) is 6.07 Å².